The minimum Gasteiger partial charge on any atom is -0.364 e. The lowest BCUT2D eigenvalue weighted by atomic mass is 9.80. The van der Waals surface area contributed by atoms with Crippen LogP contribution in [0.2, 0.25) is 5.28 Å². The zero-order valence-electron chi connectivity index (χ0n) is 11.6. The van der Waals surface area contributed by atoms with E-state index in [0.717, 1.165) is 32.1 Å². The average Bonchev–Trinajstić information content (AvgIpc) is 2.40. The first-order chi connectivity index (χ1) is 9.39. The van der Waals surface area contributed by atoms with Crippen molar-refractivity contribution in [2.45, 2.75) is 19.8 Å². The van der Waals surface area contributed by atoms with Gasteiger partial charge < -0.3 is 10.2 Å². The van der Waals surface area contributed by atoms with E-state index >= 15 is 0 Å². The van der Waals surface area contributed by atoms with Crippen LogP contribution in [0.1, 0.15) is 19.8 Å². The molecule has 0 spiro atoms. The Morgan fingerprint density at radius 3 is 2.80 bits per heavy atom. The van der Waals surface area contributed by atoms with Crippen molar-refractivity contribution in [2.24, 2.45) is 5.41 Å². The molecule has 1 N–H and O–H groups in total. The van der Waals surface area contributed by atoms with Gasteiger partial charge in [0.05, 0.1) is 4.92 Å². The first-order valence-electron chi connectivity index (χ1n) is 6.49. The van der Waals surface area contributed by atoms with E-state index in [4.69, 9.17) is 11.6 Å². The van der Waals surface area contributed by atoms with Crippen LogP contribution in [0.25, 0.3) is 0 Å². The molecule has 7 nitrogen and oxygen atoms in total. The Kier molecular flexibility index (Phi) is 4.39. The summed E-state index contributed by atoms with van der Waals surface area (Å²) in [5.74, 6) is 0.190. The number of rotatable bonds is 4. The number of nitrogens with one attached hydrogen (secondary N) is 1. The van der Waals surface area contributed by atoms with Gasteiger partial charge >= 0.3 is 5.69 Å². The fourth-order valence-electron chi connectivity index (χ4n) is 2.25. The van der Waals surface area contributed by atoms with Crippen LogP contribution < -0.4 is 5.32 Å². The highest BCUT2D eigenvalue weighted by Crippen LogP contribution is 2.31. The lowest BCUT2D eigenvalue weighted by Crippen LogP contribution is -2.40. The van der Waals surface area contributed by atoms with Gasteiger partial charge in [-0.05, 0) is 50.0 Å². The highest BCUT2D eigenvalue weighted by Gasteiger charge is 2.29. The molecule has 110 valence electrons. The van der Waals surface area contributed by atoms with E-state index in [-0.39, 0.29) is 22.2 Å². The standard InChI is InChI=1S/C12H18ClN5O2/c1-12(3-5-17(2)6-4-12)8-15-10-9(18(19)20)7-14-11(13)16-10/h7H,3-6,8H2,1-2H3,(H,14,15,16). The topological polar surface area (TPSA) is 84.2 Å². The van der Waals surface area contributed by atoms with Gasteiger partial charge in [0.25, 0.3) is 0 Å². The molecule has 0 aliphatic carbocycles. The number of hydrogen-bond donors (Lipinski definition) is 1. The van der Waals surface area contributed by atoms with Gasteiger partial charge in [0.2, 0.25) is 11.1 Å². The van der Waals surface area contributed by atoms with Crippen LogP contribution in [0.15, 0.2) is 6.20 Å². The maximum absolute atomic E-state index is 10.9. The van der Waals surface area contributed by atoms with Crippen molar-refractivity contribution < 1.29 is 4.92 Å². The Morgan fingerprint density at radius 1 is 1.55 bits per heavy atom. The van der Waals surface area contributed by atoms with Crippen LogP contribution >= 0.6 is 11.6 Å². The van der Waals surface area contributed by atoms with Crippen LogP contribution in [-0.2, 0) is 0 Å². The molecular weight excluding hydrogens is 282 g/mol. The summed E-state index contributed by atoms with van der Waals surface area (Å²) in [5, 5.41) is 14.0. The third kappa shape index (κ3) is 3.55. The van der Waals surface area contributed by atoms with Gasteiger partial charge in [-0.15, -0.1) is 0 Å². The van der Waals surface area contributed by atoms with Gasteiger partial charge in [-0.3, -0.25) is 10.1 Å². The second-order valence-corrected chi connectivity index (χ2v) is 5.94. The van der Waals surface area contributed by atoms with Crippen LogP contribution in [0.4, 0.5) is 11.5 Å². The number of halogens is 1. The smallest absolute Gasteiger partial charge is 0.329 e. The molecule has 0 aromatic carbocycles. The Hall–Kier alpha value is -1.47. The zero-order chi connectivity index (χ0) is 14.8. The normalized spacial score (nSPS) is 18.8. The molecule has 1 aromatic rings. The summed E-state index contributed by atoms with van der Waals surface area (Å²) in [4.78, 5) is 20.3. The number of nitrogens with zero attached hydrogens (tertiary/aromatic N) is 4. The van der Waals surface area contributed by atoms with Crippen molar-refractivity contribution in [1.29, 1.82) is 0 Å². The van der Waals surface area contributed by atoms with Gasteiger partial charge in [0, 0.05) is 6.54 Å². The fourth-order valence-corrected chi connectivity index (χ4v) is 2.38. The molecule has 1 fully saturated rings. The minimum absolute atomic E-state index is 0.00614. The molecular formula is C12H18ClN5O2. The third-order valence-corrected chi connectivity index (χ3v) is 4.00. The van der Waals surface area contributed by atoms with E-state index in [9.17, 15) is 10.1 Å². The van der Waals surface area contributed by atoms with Crippen molar-refractivity contribution in [1.82, 2.24) is 14.9 Å². The van der Waals surface area contributed by atoms with Crippen molar-refractivity contribution in [2.75, 3.05) is 32.0 Å². The van der Waals surface area contributed by atoms with Gasteiger partial charge in [0.1, 0.15) is 6.20 Å². The Bertz CT molecular complexity index is 503. The Balaban J connectivity index is 2.07. The molecule has 1 saturated heterocycles. The van der Waals surface area contributed by atoms with Gasteiger partial charge in [-0.2, -0.15) is 4.98 Å². The van der Waals surface area contributed by atoms with Gasteiger partial charge in [-0.25, -0.2) is 4.98 Å². The van der Waals surface area contributed by atoms with E-state index in [1.54, 1.807) is 0 Å². The second kappa shape index (κ2) is 5.88. The minimum atomic E-state index is -0.504. The summed E-state index contributed by atoms with van der Waals surface area (Å²) in [6.45, 7) is 4.88. The summed E-state index contributed by atoms with van der Waals surface area (Å²) >= 11 is 5.71. The molecule has 2 rings (SSSR count). The van der Waals surface area contributed by atoms with Crippen molar-refractivity contribution in [3.05, 3.63) is 21.6 Å². The van der Waals surface area contributed by atoms with Gasteiger partial charge in [-0.1, -0.05) is 6.92 Å². The Labute approximate surface area is 122 Å². The predicted molar refractivity (Wildman–Crippen MR) is 77.0 cm³/mol. The highest BCUT2D eigenvalue weighted by molar-refractivity contribution is 6.28. The molecule has 1 aliphatic heterocycles. The number of nitro groups is 1. The summed E-state index contributed by atoms with van der Waals surface area (Å²) in [5.41, 5.74) is -0.0384. The number of anilines is 1. The zero-order valence-corrected chi connectivity index (χ0v) is 12.4. The fraction of sp³-hybridized carbons (Fsp3) is 0.667. The van der Waals surface area contributed by atoms with Crippen molar-refractivity contribution in [3.8, 4) is 0 Å². The van der Waals surface area contributed by atoms with E-state index in [0.29, 0.717) is 6.54 Å². The van der Waals surface area contributed by atoms with E-state index < -0.39 is 4.92 Å². The van der Waals surface area contributed by atoms with E-state index in [1.807, 2.05) is 0 Å². The number of aromatic nitrogens is 2. The van der Waals surface area contributed by atoms with Crippen LogP contribution in [0.5, 0.6) is 0 Å². The second-order valence-electron chi connectivity index (χ2n) is 5.60. The highest BCUT2D eigenvalue weighted by atomic mass is 35.5. The summed E-state index contributed by atoms with van der Waals surface area (Å²) in [6, 6.07) is 0. The molecule has 0 saturated carbocycles. The number of piperidine rings is 1. The molecule has 0 bridgehead atoms. The average molecular weight is 300 g/mol. The van der Waals surface area contributed by atoms with Crippen molar-refractivity contribution >= 4 is 23.1 Å². The number of likely N-dealkylation sites (tertiary alicyclic amines) is 1. The van der Waals surface area contributed by atoms with E-state index in [1.165, 1.54) is 0 Å². The molecule has 0 radical (unpaired) electrons. The van der Waals surface area contributed by atoms with Gasteiger partial charge in [0.15, 0.2) is 0 Å². The van der Waals surface area contributed by atoms with E-state index in [2.05, 4.69) is 34.2 Å². The lowest BCUT2D eigenvalue weighted by Gasteiger charge is -2.38. The monoisotopic (exact) mass is 299 g/mol. The van der Waals surface area contributed by atoms with Crippen LogP contribution in [0, 0.1) is 15.5 Å². The third-order valence-electron chi connectivity index (χ3n) is 3.81. The Morgan fingerprint density at radius 2 is 2.20 bits per heavy atom. The molecule has 8 heteroatoms. The van der Waals surface area contributed by atoms with Crippen molar-refractivity contribution in [3.63, 3.8) is 0 Å². The molecule has 1 aromatic heterocycles. The molecule has 20 heavy (non-hydrogen) atoms. The van der Waals surface area contributed by atoms with Crippen LogP contribution in [-0.4, -0.2) is 46.5 Å². The first kappa shape index (κ1) is 14.9. The summed E-state index contributed by atoms with van der Waals surface area (Å²) < 4.78 is 0. The maximum Gasteiger partial charge on any atom is 0.329 e. The molecule has 0 amide bonds. The molecule has 1 aliphatic rings. The quantitative estimate of drug-likeness (QED) is 0.521. The summed E-state index contributed by atoms with van der Waals surface area (Å²) in [7, 11) is 2.10. The summed E-state index contributed by atoms with van der Waals surface area (Å²) in [6.07, 6.45) is 3.22. The predicted octanol–water partition coefficient (Wildman–Crippen LogP) is 2.18. The largest absolute Gasteiger partial charge is 0.364 e. The van der Waals surface area contributed by atoms with Crippen LogP contribution in [0.3, 0.4) is 0 Å². The molecule has 0 atom stereocenters. The SMILES string of the molecule is CN1CCC(C)(CNc2nc(Cl)ncc2[N+](=O)[O-])CC1. The first-order valence-corrected chi connectivity index (χ1v) is 6.87. The molecule has 0 unspecified atom stereocenters. The number of hydrogen-bond acceptors (Lipinski definition) is 6. The maximum atomic E-state index is 10.9. The molecule has 2 heterocycles. The lowest BCUT2D eigenvalue weighted by molar-refractivity contribution is -0.384.